The van der Waals surface area contributed by atoms with Crippen LogP contribution in [0, 0.1) is 6.92 Å². The number of aryl methyl sites for hydroxylation is 1. The van der Waals surface area contributed by atoms with Gasteiger partial charge in [-0.1, -0.05) is 27.5 Å². The van der Waals surface area contributed by atoms with Crippen LogP contribution >= 0.6 is 38.9 Å². The Hall–Kier alpha value is -0.0600. The fourth-order valence-corrected chi connectivity index (χ4v) is 3.41. The van der Waals surface area contributed by atoms with Crippen molar-refractivity contribution in [2.45, 2.75) is 32.7 Å². The third-order valence-corrected chi connectivity index (χ3v) is 4.37. The fraction of sp³-hybridized carbons (Fsp3) is 0.545. The van der Waals surface area contributed by atoms with E-state index < -0.39 is 0 Å². The average Bonchev–Trinajstić information content (AvgIpc) is 2.46. The number of amides is 1. The Balaban J connectivity index is 2.77. The molecule has 0 fully saturated rings. The van der Waals surface area contributed by atoms with E-state index in [9.17, 15) is 4.79 Å². The van der Waals surface area contributed by atoms with Crippen molar-refractivity contribution in [2.75, 3.05) is 5.33 Å². The van der Waals surface area contributed by atoms with Crippen molar-refractivity contribution in [1.82, 2.24) is 5.32 Å². The van der Waals surface area contributed by atoms with Crippen molar-refractivity contribution >= 4 is 44.8 Å². The molecule has 0 aliphatic carbocycles. The second kappa shape index (κ2) is 5.52. The summed E-state index contributed by atoms with van der Waals surface area (Å²) in [4.78, 5) is 12.6. The van der Waals surface area contributed by atoms with Crippen LogP contribution in [-0.2, 0) is 0 Å². The summed E-state index contributed by atoms with van der Waals surface area (Å²) < 4.78 is 0. The molecule has 1 rings (SSSR count). The molecule has 5 heteroatoms. The quantitative estimate of drug-likeness (QED) is 0.833. The number of halogens is 2. The SMILES string of the molecule is Cc1csc(C(=O)NC(C)(C)CCBr)c1Cl. The molecule has 2 nitrogen and oxygen atoms in total. The standard InChI is InChI=1S/C11H15BrClNOS/c1-7-6-16-9(8(7)13)10(15)14-11(2,3)4-5-12/h6H,4-5H2,1-3H3,(H,14,15). The molecule has 0 aliphatic rings. The minimum Gasteiger partial charge on any atom is -0.346 e. The first kappa shape index (κ1) is 14.0. The Kier molecular flexibility index (Phi) is 4.83. The molecule has 0 bridgehead atoms. The molecule has 1 aromatic heterocycles. The molecule has 1 aromatic rings. The average molecular weight is 325 g/mol. The molecule has 0 spiro atoms. The van der Waals surface area contributed by atoms with Gasteiger partial charge in [-0.05, 0) is 38.1 Å². The van der Waals surface area contributed by atoms with E-state index in [0.717, 1.165) is 17.3 Å². The van der Waals surface area contributed by atoms with Gasteiger partial charge in [0.05, 0.1) is 5.02 Å². The van der Waals surface area contributed by atoms with E-state index in [1.807, 2.05) is 26.2 Å². The number of hydrogen-bond donors (Lipinski definition) is 1. The number of hydrogen-bond acceptors (Lipinski definition) is 2. The van der Waals surface area contributed by atoms with Crippen molar-refractivity contribution < 1.29 is 4.79 Å². The van der Waals surface area contributed by atoms with Gasteiger partial charge >= 0.3 is 0 Å². The van der Waals surface area contributed by atoms with E-state index in [1.54, 1.807) is 0 Å². The Morgan fingerprint density at radius 2 is 2.25 bits per heavy atom. The van der Waals surface area contributed by atoms with E-state index in [-0.39, 0.29) is 11.4 Å². The maximum Gasteiger partial charge on any atom is 0.263 e. The zero-order chi connectivity index (χ0) is 12.3. The predicted molar refractivity (Wildman–Crippen MR) is 74.0 cm³/mol. The van der Waals surface area contributed by atoms with Crippen LogP contribution in [0.25, 0.3) is 0 Å². The maximum absolute atomic E-state index is 12.0. The molecule has 1 N–H and O–H groups in total. The highest BCUT2D eigenvalue weighted by molar-refractivity contribution is 9.09. The number of carbonyl (C=O) groups is 1. The van der Waals surface area contributed by atoms with E-state index in [2.05, 4.69) is 21.2 Å². The van der Waals surface area contributed by atoms with Crippen LogP contribution in [0.15, 0.2) is 5.38 Å². The highest BCUT2D eigenvalue weighted by Gasteiger charge is 2.23. The lowest BCUT2D eigenvalue weighted by atomic mass is 10.0. The van der Waals surface area contributed by atoms with Gasteiger partial charge in [0, 0.05) is 10.9 Å². The van der Waals surface area contributed by atoms with Crippen LogP contribution in [0.5, 0.6) is 0 Å². The molecule has 0 atom stereocenters. The van der Waals surface area contributed by atoms with Crippen LogP contribution in [0.1, 0.15) is 35.5 Å². The molecular formula is C11H15BrClNOS. The molecule has 0 saturated heterocycles. The molecule has 0 aliphatic heterocycles. The molecule has 0 saturated carbocycles. The Bertz CT molecular complexity index is 389. The number of alkyl halides is 1. The van der Waals surface area contributed by atoms with E-state index in [0.29, 0.717) is 9.90 Å². The number of nitrogens with one attached hydrogen (secondary N) is 1. The molecule has 1 heterocycles. The Labute approximate surface area is 114 Å². The van der Waals surface area contributed by atoms with Crippen molar-refractivity contribution in [3.8, 4) is 0 Å². The molecular weight excluding hydrogens is 310 g/mol. The van der Waals surface area contributed by atoms with Gasteiger partial charge < -0.3 is 5.32 Å². The second-order valence-corrected chi connectivity index (χ2v) is 6.39. The molecule has 90 valence electrons. The van der Waals surface area contributed by atoms with Crippen molar-refractivity contribution in [1.29, 1.82) is 0 Å². The summed E-state index contributed by atoms with van der Waals surface area (Å²) in [6, 6.07) is 0. The van der Waals surface area contributed by atoms with Crippen LogP contribution in [0.3, 0.4) is 0 Å². The lowest BCUT2D eigenvalue weighted by Gasteiger charge is -2.25. The topological polar surface area (TPSA) is 29.1 Å². The van der Waals surface area contributed by atoms with Gasteiger partial charge in [0.1, 0.15) is 4.88 Å². The third-order valence-electron chi connectivity index (χ3n) is 2.28. The normalized spacial score (nSPS) is 11.6. The molecule has 16 heavy (non-hydrogen) atoms. The van der Waals surface area contributed by atoms with E-state index in [4.69, 9.17) is 11.6 Å². The number of rotatable bonds is 4. The minimum atomic E-state index is -0.220. The zero-order valence-electron chi connectivity index (χ0n) is 9.56. The first-order valence-corrected chi connectivity index (χ1v) is 7.37. The van der Waals surface area contributed by atoms with Gasteiger partial charge in [-0.25, -0.2) is 0 Å². The van der Waals surface area contributed by atoms with E-state index in [1.165, 1.54) is 11.3 Å². The second-order valence-electron chi connectivity index (χ2n) is 4.34. The summed E-state index contributed by atoms with van der Waals surface area (Å²) in [6.07, 6.45) is 0.876. The highest BCUT2D eigenvalue weighted by atomic mass is 79.9. The minimum absolute atomic E-state index is 0.0888. The van der Waals surface area contributed by atoms with Crippen LogP contribution in [0.4, 0.5) is 0 Å². The Morgan fingerprint density at radius 3 is 2.69 bits per heavy atom. The monoisotopic (exact) mass is 323 g/mol. The van der Waals surface area contributed by atoms with Crippen LogP contribution in [0.2, 0.25) is 5.02 Å². The third kappa shape index (κ3) is 3.47. The van der Waals surface area contributed by atoms with Gasteiger partial charge in [0.25, 0.3) is 5.91 Å². The number of thiophene rings is 1. The lowest BCUT2D eigenvalue weighted by molar-refractivity contribution is 0.0916. The van der Waals surface area contributed by atoms with Crippen molar-refractivity contribution in [3.63, 3.8) is 0 Å². The maximum atomic E-state index is 12.0. The summed E-state index contributed by atoms with van der Waals surface area (Å²) in [5.41, 5.74) is 0.733. The van der Waals surface area contributed by atoms with Gasteiger partial charge in [-0.3, -0.25) is 4.79 Å². The van der Waals surface area contributed by atoms with Crippen LogP contribution < -0.4 is 5.32 Å². The van der Waals surface area contributed by atoms with Crippen molar-refractivity contribution in [3.05, 3.63) is 20.8 Å². The number of carbonyl (C=O) groups excluding carboxylic acids is 1. The van der Waals surface area contributed by atoms with Gasteiger partial charge in [0.15, 0.2) is 0 Å². The predicted octanol–water partition coefficient (Wildman–Crippen LogP) is 4.00. The summed E-state index contributed by atoms with van der Waals surface area (Å²) in [5, 5.41) is 6.31. The summed E-state index contributed by atoms with van der Waals surface area (Å²) in [7, 11) is 0. The van der Waals surface area contributed by atoms with Crippen molar-refractivity contribution in [2.24, 2.45) is 0 Å². The highest BCUT2D eigenvalue weighted by Crippen LogP contribution is 2.27. The summed E-state index contributed by atoms with van der Waals surface area (Å²) >= 11 is 10.8. The molecule has 1 amide bonds. The fourth-order valence-electron chi connectivity index (χ4n) is 1.25. The largest absolute Gasteiger partial charge is 0.346 e. The smallest absolute Gasteiger partial charge is 0.263 e. The first-order chi connectivity index (χ1) is 7.37. The van der Waals surface area contributed by atoms with E-state index >= 15 is 0 Å². The Morgan fingerprint density at radius 1 is 1.62 bits per heavy atom. The summed E-state index contributed by atoms with van der Waals surface area (Å²) in [6.45, 7) is 5.90. The lowest BCUT2D eigenvalue weighted by Crippen LogP contribution is -2.43. The zero-order valence-corrected chi connectivity index (χ0v) is 12.7. The molecule has 0 aromatic carbocycles. The molecule has 0 unspecified atom stereocenters. The first-order valence-electron chi connectivity index (χ1n) is 4.99. The van der Waals surface area contributed by atoms with Gasteiger partial charge in [0.2, 0.25) is 0 Å². The van der Waals surface area contributed by atoms with Crippen LogP contribution in [-0.4, -0.2) is 16.8 Å². The van der Waals surface area contributed by atoms with Gasteiger partial charge in [-0.2, -0.15) is 0 Å². The van der Waals surface area contributed by atoms with Gasteiger partial charge in [-0.15, -0.1) is 11.3 Å². The summed E-state index contributed by atoms with van der Waals surface area (Å²) in [5.74, 6) is -0.0888. The molecule has 0 radical (unpaired) electrons.